The van der Waals surface area contributed by atoms with Gasteiger partial charge in [-0.2, -0.15) is 0 Å². The van der Waals surface area contributed by atoms with Gasteiger partial charge >= 0.3 is 0 Å². The molecule has 0 unspecified atom stereocenters. The smallest absolute Gasteiger partial charge is 0.0406 e. The Balaban J connectivity index is 0.00000162. The molecule has 2 rings (SSSR count). The summed E-state index contributed by atoms with van der Waals surface area (Å²) in [7, 11) is 0. The molecular formula is C15H20Cl2N-. The molecule has 0 heterocycles. The first-order valence-electron chi connectivity index (χ1n) is 6.48. The summed E-state index contributed by atoms with van der Waals surface area (Å²) in [6, 6.07) is 8.05. The summed E-state index contributed by atoms with van der Waals surface area (Å²) in [5.41, 5.74) is 2.94. The predicted molar refractivity (Wildman–Crippen MR) is 74.3 cm³/mol. The molecule has 18 heavy (non-hydrogen) atoms. The summed E-state index contributed by atoms with van der Waals surface area (Å²) in [6.45, 7) is 2.01. The standard InChI is InChI=1S/C15H20ClN.ClH/c16-15-8-6-14(7-9-15)12-17-11-10-13-4-2-1-3-5-13;/h4,6-9,17H,1-3,5,10-12H2;1H/p-1. The van der Waals surface area contributed by atoms with Crippen molar-refractivity contribution in [3.05, 3.63) is 46.5 Å². The zero-order valence-electron chi connectivity index (χ0n) is 10.6. The maximum Gasteiger partial charge on any atom is 0.0406 e. The lowest BCUT2D eigenvalue weighted by Gasteiger charge is -2.12. The van der Waals surface area contributed by atoms with Crippen LogP contribution in [0.4, 0.5) is 0 Å². The fourth-order valence-corrected chi connectivity index (χ4v) is 2.34. The van der Waals surface area contributed by atoms with Crippen molar-refractivity contribution in [2.24, 2.45) is 0 Å². The molecule has 0 saturated carbocycles. The molecule has 0 bridgehead atoms. The Labute approximate surface area is 121 Å². The fraction of sp³-hybridized carbons (Fsp3) is 0.467. The molecule has 0 atom stereocenters. The van der Waals surface area contributed by atoms with E-state index in [1.807, 2.05) is 12.1 Å². The molecule has 1 aliphatic rings. The SMILES string of the molecule is Clc1ccc(CNCCC2=CCCCC2)cc1.[Cl-]. The van der Waals surface area contributed by atoms with Crippen LogP contribution in [0.15, 0.2) is 35.9 Å². The van der Waals surface area contributed by atoms with Crippen molar-refractivity contribution in [1.29, 1.82) is 0 Å². The third-order valence-electron chi connectivity index (χ3n) is 3.25. The van der Waals surface area contributed by atoms with E-state index in [1.165, 1.54) is 37.7 Å². The average molecular weight is 285 g/mol. The second-order valence-electron chi connectivity index (χ2n) is 4.66. The molecule has 1 aliphatic carbocycles. The summed E-state index contributed by atoms with van der Waals surface area (Å²) >= 11 is 5.85. The summed E-state index contributed by atoms with van der Waals surface area (Å²) in [5.74, 6) is 0. The number of nitrogens with one attached hydrogen (secondary N) is 1. The highest BCUT2D eigenvalue weighted by molar-refractivity contribution is 6.30. The first kappa shape index (κ1) is 15.6. The van der Waals surface area contributed by atoms with Crippen molar-refractivity contribution in [3.8, 4) is 0 Å². The van der Waals surface area contributed by atoms with E-state index in [0.717, 1.165) is 18.1 Å². The monoisotopic (exact) mass is 284 g/mol. The molecule has 0 saturated heterocycles. The van der Waals surface area contributed by atoms with Crippen LogP contribution in [0.25, 0.3) is 0 Å². The summed E-state index contributed by atoms with van der Waals surface area (Å²) in [6.07, 6.45) is 8.97. The topological polar surface area (TPSA) is 12.0 Å². The molecule has 0 aromatic heterocycles. The third kappa shape index (κ3) is 5.43. The van der Waals surface area contributed by atoms with Crippen molar-refractivity contribution < 1.29 is 12.4 Å². The highest BCUT2D eigenvalue weighted by atomic mass is 35.5. The van der Waals surface area contributed by atoms with E-state index >= 15 is 0 Å². The summed E-state index contributed by atoms with van der Waals surface area (Å²) in [4.78, 5) is 0. The number of rotatable bonds is 5. The van der Waals surface area contributed by atoms with Crippen LogP contribution in [0, 0.1) is 0 Å². The molecule has 0 spiro atoms. The molecule has 0 amide bonds. The quantitative estimate of drug-likeness (QED) is 0.635. The Kier molecular flexibility index (Phi) is 7.41. The number of hydrogen-bond acceptors (Lipinski definition) is 1. The molecule has 1 aromatic rings. The Morgan fingerprint density at radius 1 is 1.11 bits per heavy atom. The molecule has 100 valence electrons. The zero-order chi connectivity index (χ0) is 11.9. The van der Waals surface area contributed by atoms with Gasteiger partial charge in [0.1, 0.15) is 0 Å². The number of halogens is 2. The summed E-state index contributed by atoms with van der Waals surface area (Å²) < 4.78 is 0. The maximum atomic E-state index is 5.85. The number of hydrogen-bond donors (Lipinski definition) is 1. The number of allylic oxidation sites excluding steroid dienone is 1. The molecular weight excluding hydrogens is 265 g/mol. The van der Waals surface area contributed by atoms with Crippen LogP contribution in [-0.4, -0.2) is 6.54 Å². The maximum absolute atomic E-state index is 5.85. The van der Waals surface area contributed by atoms with E-state index in [4.69, 9.17) is 11.6 Å². The normalized spacial score (nSPS) is 14.8. The third-order valence-corrected chi connectivity index (χ3v) is 3.50. The van der Waals surface area contributed by atoms with Gasteiger partial charge in [0.25, 0.3) is 0 Å². The van der Waals surface area contributed by atoms with Gasteiger partial charge in [-0.3, -0.25) is 0 Å². The van der Waals surface area contributed by atoms with Gasteiger partial charge in [0.05, 0.1) is 0 Å². The Bertz CT molecular complexity index is 371. The van der Waals surface area contributed by atoms with Gasteiger partial charge in [0.2, 0.25) is 0 Å². The van der Waals surface area contributed by atoms with Crippen molar-refractivity contribution in [2.75, 3.05) is 6.54 Å². The second-order valence-corrected chi connectivity index (χ2v) is 5.10. The van der Waals surface area contributed by atoms with Crippen molar-refractivity contribution in [3.63, 3.8) is 0 Å². The van der Waals surface area contributed by atoms with E-state index in [0.29, 0.717) is 0 Å². The molecule has 0 aliphatic heterocycles. The van der Waals surface area contributed by atoms with E-state index in [9.17, 15) is 0 Å². The van der Waals surface area contributed by atoms with E-state index in [-0.39, 0.29) is 12.4 Å². The first-order chi connectivity index (χ1) is 8.34. The van der Waals surface area contributed by atoms with Gasteiger partial charge in [-0.15, -0.1) is 0 Å². The predicted octanol–water partition coefficient (Wildman–Crippen LogP) is 1.32. The first-order valence-corrected chi connectivity index (χ1v) is 6.85. The van der Waals surface area contributed by atoms with Crippen molar-refractivity contribution in [2.45, 2.75) is 38.6 Å². The van der Waals surface area contributed by atoms with Crippen LogP contribution in [0.5, 0.6) is 0 Å². The lowest BCUT2D eigenvalue weighted by Crippen LogP contribution is -3.00. The minimum Gasteiger partial charge on any atom is -1.00 e. The average Bonchev–Trinajstić information content (AvgIpc) is 2.38. The Morgan fingerprint density at radius 3 is 2.56 bits per heavy atom. The molecule has 0 fully saturated rings. The van der Waals surface area contributed by atoms with Crippen LogP contribution in [0.1, 0.15) is 37.7 Å². The fourth-order valence-electron chi connectivity index (χ4n) is 2.22. The minimum absolute atomic E-state index is 0. The van der Waals surface area contributed by atoms with E-state index in [1.54, 1.807) is 5.57 Å². The largest absolute Gasteiger partial charge is 1.00 e. The van der Waals surface area contributed by atoms with Crippen LogP contribution in [0.2, 0.25) is 5.02 Å². The van der Waals surface area contributed by atoms with Crippen LogP contribution in [-0.2, 0) is 6.54 Å². The molecule has 3 heteroatoms. The molecule has 1 nitrogen and oxygen atoms in total. The van der Waals surface area contributed by atoms with Crippen LogP contribution in [0.3, 0.4) is 0 Å². The van der Waals surface area contributed by atoms with Gasteiger partial charge in [0.15, 0.2) is 0 Å². The van der Waals surface area contributed by atoms with Crippen LogP contribution < -0.4 is 17.7 Å². The van der Waals surface area contributed by atoms with E-state index < -0.39 is 0 Å². The van der Waals surface area contributed by atoms with Gasteiger partial charge in [-0.05, 0) is 56.3 Å². The second kappa shape index (κ2) is 8.58. The lowest BCUT2D eigenvalue weighted by molar-refractivity contribution is -0.00000346. The number of benzene rings is 1. The molecule has 0 radical (unpaired) electrons. The Morgan fingerprint density at radius 2 is 1.89 bits per heavy atom. The highest BCUT2D eigenvalue weighted by Crippen LogP contribution is 2.19. The minimum atomic E-state index is 0. The van der Waals surface area contributed by atoms with Gasteiger partial charge in [-0.1, -0.05) is 35.4 Å². The zero-order valence-corrected chi connectivity index (χ0v) is 12.1. The van der Waals surface area contributed by atoms with Crippen molar-refractivity contribution in [1.82, 2.24) is 5.32 Å². The lowest BCUT2D eigenvalue weighted by atomic mass is 9.97. The van der Waals surface area contributed by atoms with E-state index in [2.05, 4.69) is 23.5 Å². The Hall–Kier alpha value is -0.500. The van der Waals surface area contributed by atoms with Gasteiger partial charge < -0.3 is 17.7 Å². The molecule has 1 aromatic carbocycles. The van der Waals surface area contributed by atoms with Gasteiger partial charge in [-0.25, -0.2) is 0 Å². The molecule has 1 N–H and O–H groups in total. The highest BCUT2D eigenvalue weighted by Gasteiger charge is 2.02. The van der Waals surface area contributed by atoms with Crippen molar-refractivity contribution >= 4 is 11.6 Å². The van der Waals surface area contributed by atoms with Crippen LogP contribution >= 0.6 is 11.6 Å². The summed E-state index contributed by atoms with van der Waals surface area (Å²) in [5, 5.41) is 4.29. The van der Waals surface area contributed by atoms with Gasteiger partial charge in [0, 0.05) is 11.6 Å².